The highest BCUT2D eigenvalue weighted by atomic mass is 16.4. The lowest BCUT2D eigenvalue weighted by Crippen LogP contribution is -1.98. The van der Waals surface area contributed by atoms with E-state index in [-0.39, 0.29) is 6.42 Å². The summed E-state index contributed by atoms with van der Waals surface area (Å²) in [5, 5.41) is 8.64. The number of nitrogens with zero attached hydrogens (tertiary/aromatic N) is 2. The molecule has 0 unspecified atom stereocenters. The predicted octanol–water partition coefficient (Wildman–Crippen LogP) is 1.80. The molecule has 0 fully saturated rings. The minimum atomic E-state index is -0.813. The fraction of sp³-hybridized carbons (Fsp3) is 0.250. The Morgan fingerprint density at radius 2 is 2.29 bits per heavy atom. The monoisotopic (exact) mass is 231 g/mol. The van der Waals surface area contributed by atoms with Crippen molar-refractivity contribution in [2.75, 3.05) is 0 Å². The van der Waals surface area contributed by atoms with E-state index in [4.69, 9.17) is 5.11 Å². The van der Waals surface area contributed by atoms with Gasteiger partial charge >= 0.3 is 5.97 Å². The zero-order chi connectivity index (χ0) is 12.3. The van der Waals surface area contributed by atoms with Crippen LogP contribution in [0.15, 0.2) is 24.4 Å². The quantitative estimate of drug-likeness (QED) is 0.840. The molecule has 0 spiro atoms. The summed E-state index contributed by atoms with van der Waals surface area (Å²) in [6, 6.07) is 5.58. The number of nitrogens with one attached hydrogen (secondary N) is 1. The molecule has 0 aliphatic carbocycles. The molecule has 5 nitrogen and oxygen atoms in total. The van der Waals surface area contributed by atoms with E-state index in [1.807, 2.05) is 25.1 Å². The predicted molar refractivity (Wildman–Crippen MR) is 62.5 cm³/mol. The molecule has 88 valence electrons. The molecule has 5 heteroatoms. The van der Waals surface area contributed by atoms with E-state index < -0.39 is 5.97 Å². The smallest absolute Gasteiger partial charge is 0.303 e. The zero-order valence-electron chi connectivity index (χ0n) is 9.47. The molecule has 2 rings (SSSR count). The molecule has 17 heavy (non-hydrogen) atoms. The van der Waals surface area contributed by atoms with Crippen LogP contribution in [-0.4, -0.2) is 26.0 Å². The van der Waals surface area contributed by atoms with Crippen molar-refractivity contribution < 1.29 is 9.90 Å². The number of hydrogen-bond acceptors (Lipinski definition) is 3. The highest BCUT2D eigenvalue weighted by molar-refractivity contribution is 5.67. The van der Waals surface area contributed by atoms with Crippen LogP contribution in [0.2, 0.25) is 0 Å². The number of carboxylic acids is 1. The maximum absolute atomic E-state index is 10.5. The number of imidazole rings is 1. The average Bonchev–Trinajstić information content (AvgIpc) is 2.69. The Labute approximate surface area is 98.6 Å². The summed E-state index contributed by atoms with van der Waals surface area (Å²) in [6.07, 6.45) is 2.22. The Kier molecular flexibility index (Phi) is 3.18. The summed E-state index contributed by atoms with van der Waals surface area (Å²) >= 11 is 0. The van der Waals surface area contributed by atoms with Crippen LogP contribution in [0.3, 0.4) is 0 Å². The van der Waals surface area contributed by atoms with Crippen molar-refractivity contribution in [1.82, 2.24) is 15.0 Å². The van der Waals surface area contributed by atoms with Crippen LogP contribution < -0.4 is 0 Å². The maximum Gasteiger partial charge on any atom is 0.303 e. The molecular weight excluding hydrogens is 218 g/mol. The molecule has 0 saturated heterocycles. The summed E-state index contributed by atoms with van der Waals surface area (Å²) in [5.74, 6) is -0.129. The first-order valence-corrected chi connectivity index (χ1v) is 5.35. The lowest BCUT2D eigenvalue weighted by molar-refractivity contribution is -0.136. The maximum atomic E-state index is 10.5. The summed E-state index contributed by atoms with van der Waals surface area (Å²) in [7, 11) is 0. The summed E-state index contributed by atoms with van der Waals surface area (Å²) < 4.78 is 0. The van der Waals surface area contributed by atoms with E-state index in [1.165, 1.54) is 0 Å². The van der Waals surface area contributed by atoms with E-state index >= 15 is 0 Å². The minimum absolute atomic E-state index is 0.0906. The molecule has 2 aromatic heterocycles. The zero-order valence-corrected chi connectivity index (χ0v) is 9.47. The van der Waals surface area contributed by atoms with Gasteiger partial charge in [-0.15, -0.1) is 0 Å². The van der Waals surface area contributed by atoms with Gasteiger partial charge < -0.3 is 10.1 Å². The van der Waals surface area contributed by atoms with Crippen LogP contribution in [0.25, 0.3) is 11.5 Å². The number of aliphatic carboxylic acids is 1. The minimum Gasteiger partial charge on any atom is -0.481 e. The molecule has 0 aliphatic heterocycles. The van der Waals surface area contributed by atoms with Gasteiger partial charge in [-0.05, 0) is 19.1 Å². The van der Waals surface area contributed by atoms with Gasteiger partial charge in [0.25, 0.3) is 0 Å². The number of carbonyl (C=O) groups is 1. The normalized spacial score (nSPS) is 10.4. The van der Waals surface area contributed by atoms with Crippen LogP contribution in [0.4, 0.5) is 0 Å². The molecule has 0 amide bonds. The number of carboxylic acid groups (broad SMARTS) is 1. The highest BCUT2D eigenvalue weighted by Gasteiger charge is 2.10. The molecule has 2 aromatic rings. The van der Waals surface area contributed by atoms with Crippen LogP contribution in [0.1, 0.15) is 17.8 Å². The van der Waals surface area contributed by atoms with E-state index in [1.54, 1.807) is 6.20 Å². The Balaban J connectivity index is 2.22. The van der Waals surface area contributed by atoms with Gasteiger partial charge in [0.1, 0.15) is 5.69 Å². The van der Waals surface area contributed by atoms with Gasteiger partial charge in [0.15, 0.2) is 5.82 Å². The van der Waals surface area contributed by atoms with Gasteiger partial charge in [0.05, 0.1) is 12.1 Å². The van der Waals surface area contributed by atoms with Gasteiger partial charge in [-0.2, -0.15) is 0 Å². The third kappa shape index (κ3) is 2.69. The number of H-pyrrole nitrogens is 1. The fourth-order valence-corrected chi connectivity index (χ4v) is 1.59. The first kappa shape index (κ1) is 11.3. The Bertz CT molecular complexity index is 520. The largest absolute Gasteiger partial charge is 0.481 e. The standard InChI is InChI=1S/C12H13N3O2/c1-8-9(5-6-11(16)17)15-12(14-8)10-4-2-3-7-13-10/h2-4,7H,5-6H2,1H3,(H,14,15)(H,16,17). The first-order chi connectivity index (χ1) is 8.16. The molecule has 0 aliphatic rings. The third-order valence-electron chi connectivity index (χ3n) is 2.47. The van der Waals surface area contributed by atoms with Gasteiger partial charge in [-0.3, -0.25) is 9.78 Å². The highest BCUT2D eigenvalue weighted by Crippen LogP contribution is 2.16. The molecule has 2 N–H and O–H groups in total. The number of aryl methyl sites for hydroxylation is 2. The number of aromatic amines is 1. The molecular formula is C12H13N3O2. The summed E-state index contributed by atoms with van der Waals surface area (Å²) in [6.45, 7) is 1.89. The van der Waals surface area contributed by atoms with Crippen molar-refractivity contribution in [3.8, 4) is 11.5 Å². The molecule has 0 bridgehead atoms. The van der Waals surface area contributed by atoms with E-state index in [0.29, 0.717) is 12.2 Å². The van der Waals surface area contributed by atoms with Crippen molar-refractivity contribution in [2.45, 2.75) is 19.8 Å². The number of aromatic nitrogens is 3. The second-order valence-electron chi connectivity index (χ2n) is 3.77. The van der Waals surface area contributed by atoms with Crippen molar-refractivity contribution >= 4 is 5.97 Å². The van der Waals surface area contributed by atoms with Crippen molar-refractivity contribution in [1.29, 1.82) is 0 Å². The van der Waals surface area contributed by atoms with Gasteiger partial charge in [-0.25, -0.2) is 4.98 Å². The van der Waals surface area contributed by atoms with E-state index in [0.717, 1.165) is 17.1 Å². The van der Waals surface area contributed by atoms with Crippen molar-refractivity contribution in [3.63, 3.8) is 0 Å². The Hall–Kier alpha value is -2.17. The average molecular weight is 231 g/mol. The molecule has 0 radical (unpaired) electrons. The number of pyridine rings is 1. The Morgan fingerprint density at radius 1 is 1.47 bits per heavy atom. The summed E-state index contributed by atoms with van der Waals surface area (Å²) in [4.78, 5) is 22.2. The van der Waals surface area contributed by atoms with Crippen LogP contribution >= 0.6 is 0 Å². The molecule has 0 atom stereocenters. The molecule has 0 saturated carbocycles. The van der Waals surface area contributed by atoms with E-state index in [2.05, 4.69) is 15.0 Å². The van der Waals surface area contributed by atoms with Gasteiger partial charge in [0, 0.05) is 18.3 Å². The lowest BCUT2D eigenvalue weighted by atomic mass is 10.2. The number of hydrogen-bond donors (Lipinski definition) is 2. The third-order valence-corrected chi connectivity index (χ3v) is 2.47. The second kappa shape index (κ2) is 4.78. The van der Waals surface area contributed by atoms with Crippen molar-refractivity contribution in [3.05, 3.63) is 35.8 Å². The van der Waals surface area contributed by atoms with Gasteiger partial charge in [-0.1, -0.05) is 6.07 Å². The lowest BCUT2D eigenvalue weighted by Gasteiger charge is -1.93. The SMILES string of the molecule is Cc1[nH]c(-c2ccccn2)nc1CCC(=O)O. The second-order valence-corrected chi connectivity index (χ2v) is 3.77. The number of rotatable bonds is 4. The van der Waals surface area contributed by atoms with Crippen LogP contribution in [0.5, 0.6) is 0 Å². The Morgan fingerprint density at radius 3 is 2.94 bits per heavy atom. The van der Waals surface area contributed by atoms with E-state index in [9.17, 15) is 4.79 Å². The van der Waals surface area contributed by atoms with Crippen LogP contribution in [0, 0.1) is 6.92 Å². The fourth-order valence-electron chi connectivity index (χ4n) is 1.59. The van der Waals surface area contributed by atoms with Gasteiger partial charge in [0.2, 0.25) is 0 Å². The summed E-state index contributed by atoms with van der Waals surface area (Å²) in [5.41, 5.74) is 2.44. The van der Waals surface area contributed by atoms with Crippen molar-refractivity contribution in [2.24, 2.45) is 0 Å². The topological polar surface area (TPSA) is 78.9 Å². The molecule has 2 heterocycles. The van der Waals surface area contributed by atoms with Crippen LogP contribution in [-0.2, 0) is 11.2 Å². The first-order valence-electron chi connectivity index (χ1n) is 5.35. The molecule has 0 aromatic carbocycles.